The average Bonchev–Trinajstić information content (AvgIpc) is 3.36. The van der Waals surface area contributed by atoms with E-state index in [2.05, 4.69) is 98.9 Å². The van der Waals surface area contributed by atoms with E-state index in [9.17, 15) is 19.0 Å². The second-order valence-electron chi connectivity index (χ2n) is 21.4. The molecule has 0 spiro atoms. The van der Waals surface area contributed by atoms with Crippen LogP contribution in [0, 0.1) is 0 Å². The third-order valence-corrected chi connectivity index (χ3v) is 13.9. The number of hydrogen-bond acceptors (Lipinski definition) is 7. The first-order valence-corrected chi connectivity index (χ1v) is 31.8. The molecule has 74 heavy (non-hydrogen) atoms. The molecule has 1 N–H and O–H groups in total. The summed E-state index contributed by atoms with van der Waals surface area (Å²) in [7, 11) is 1.47. The summed E-state index contributed by atoms with van der Waals surface area (Å²) in [6, 6.07) is 0. The average molecular weight is 1060 g/mol. The minimum Gasteiger partial charge on any atom is -0.462 e. The Bertz CT molecular complexity index is 1520. The molecule has 0 amide bonds. The van der Waals surface area contributed by atoms with Gasteiger partial charge in [0.2, 0.25) is 0 Å². The topological polar surface area (TPSA) is 108 Å². The Morgan fingerprint density at radius 1 is 0.432 bits per heavy atom. The smallest absolute Gasteiger partial charge is 0.462 e. The van der Waals surface area contributed by atoms with Crippen LogP contribution in [0.25, 0.3) is 0 Å². The van der Waals surface area contributed by atoms with E-state index in [1.165, 1.54) is 141 Å². The fourth-order valence-electron chi connectivity index (χ4n) is 8.25. The summed E-state index contributed by atoms with van der Waals surface area (Å²) >= 11 is 0. The lowest BCUT2D eigenvalue weighted by atomic mass is 10.0. The molecule has 0 saturated carbocycles. The second kappa shape index (κ2) is 55.0. The number of nitrogens with zero attached hydrogens (tertiary/aromatic N) is 1. The van der Waals surface area contributed by atoms with Gasteiger partial charge in [0.05, 0.1) is 27.7 Å². The van der Waals surface area contributed by atoms with Crippen molar-refractivity contribution in [2.75, 3.05) is 47.5 Å². The number of carbonyl (C=O) groups is 2. The molecule has 0 aliphatic heterocycles. The molecule has 0 saturated heterocycles. The minimum atomic E-state index is -4.39. The first-order valence-electron chi connectivity index (χ1n) is 30.3. The number of phosphoric acid groups is 1. The Morgan fingerprint density at radius 3 is 1.15 bits per heavy atom. The van der Waals surface area contributed by atoms with Crippen molar-refractivity contribution in [3.63, 3.8) is 0 Å². The SMILES string of the molecule is CC/C=C\C/C=C\C/C=C\C/C=C\C/C=C\CCCCCCCCCCCCCCCCCCCC(=O)OC(COC(=O)CCCCCCCCC/C=C\C/C=C\CCCCC)COP(=O)(O)OCC[N+](C)(C)C. The van der Waals surface area contributed by atoms with Gasteiger partial charge in [-0.2, -0.15) is 0 Å². The van der Waals surface area contributed by atoms with Crippen molar-refractivity contribution in [3.05, 3.63) is 85.1 Å². The number of rotatable bonds is 55. The zero-order chi connectivity index (χ0) is 54.2. The Balaban J connectivity index is 4.07. The van der Waals surface area contributed by atoms with Gasteiger partial charge in [-0.1, -0.05) is 240 Å². The lowest BCUT2D eigenvalue weighted by Crippen LogP contribution is -2.37. The second-order valence-corrected chi connectivity index (χ2v) is 22.8. The Labute approximate surface area is 456 Å². The molecule has 0 aliphatic rings. The summed E-state index contributed by atoms with van der Waals surface area (Å²) in [5.41, 5.74) is 0. The van der Waals surface area contributed by atoms with Crippen molar-refractivity contribution in [1.29, 1.82) is 0 Å². The van der Waals surface area contributed by atoms with Gasteiger partial charge in [0, 0.05) is 12.8 Å². The van der Waals surface area contributed by atoms with Crippen molar-refractivity contribution in [3.8, 4) is 0 Å². The Hall–Kier alpha value is -2.81. The van der Waals surface area contributed by atoms with Crippen molar-refractivity contribution < 1.29 is 42.1 Å². The fraction of sp³-hybridized carbons (Fsp3) is 0.750. The van der Waals surface area contributed by atoms with Crippen molar-refractivity contribution in [1.82, 2.24) is 0 Å². The Kier molecular flexibility index (Phi) is 52.9. The largest absolute Gasteiger partial charge is 0.472 e. The van der Waals surface area contributed by atoms with Gasteiger partial charge in [-0.05, 0) is 89.9 Å². The molecule has 0 aromatic heterocycles. The van der Waals surface area contributed by atoms with E-state index in [-0.39, 0.29) is 32.0 Å². The quantitative estimate of drug-likeness (QED) is 0.0211. The first kappa shape index (κ1) is 71.2. The maximum absolute atomic E-state index is 12.8. The first-order chi connectivity index (χ1) is 36.0. The number of phosphoric ester groups is 1. The van der Waals surface area contributed by atoms with Crippen LogP contribution < -0.4 is 0 Å². The van der Waals surface area contributed by atoms with E-state index in [0.717, 1.165) is 83.5 Å². The zero-order valence-electron chi connectivity index (χ0n) is 48.6. The number of hydrogen-bond donors (Lipinski definition) is 1. The molecule has 0 radical (unpaired) electrons. The highest BCUT2D eigenvalue weighted by atomic mass is 31.2. The summed E-state index contributed by atoms with van der Waals surface area (Å²) in [5.74, 6) is -0.802. The molecular weight excluding hydrogens is 942 g/mol. The van der Waals surface area contributed by atoms with Crippen LogP contribution in [-0.2, 0) is 32.7 Å². The van der Waals surface area contributed by atoms with Crippen LogP contribution in [0.4, 0.5) is 0 Å². The predicted octanol–water partition coefficient (Wildman–Crippen LogP) is 19.0. The summed E-state index contributed by atoms with van der Waals surface area (Å²) in [6.07, 6.45) is 73.7. The molecule has 0 fully saturated rings. The molecule has 0 bridgehead atoms. The van der Waals surface area contributed by atoms with Gasteiger partial charge >= 0.3 is 19.8 Å². The maximum Gasteiger partial charge on any atom is 0.472 e. The number of unbranched alkanes of at least 4 members (excludes halogenated alkanes) is 27. The summed E-state index contributed by atoms with van der Waals surface area (Å²) in [4.78, 5) is 35.7. The molecule has 0 heterocycles. The van der Waals surface area contributed by atoms with E-state index in [0.29, 0.717) is 17.4 Å². The molecule has 2 atom stereocenters. The predicted molar refractivity (Wildman–Crippen MR) is 316 cm³/mol. The van der Waals surface area contributed by atoms with Crippen LogP contribution in [0.5, 0.6) is 0 Å². The van der Waals surface area contributed by atoms with Crippen LogP contribution in [0.2, 0.25) is 0 Å². The molecule has 2 unspecified atom stereocenters. The van der Waals surface area contributed by atoms with Crippen LogP contribution in [0.1, 0.15) is 258 Å². The third-order valence-electron chi connectivity index (χ3n) is 12.9. The van der Waals surface area contributed by atoms with Gasteiger partial charge in [-0.25, -0.2) is 4.57 Å². The van der Waals surface area contributed by atoms with E-state index >= 15 is 0 Å². The molecule has 9 nitrogen and oxygen atoms in total. The van der Waals surface area contributed by atoms with Crippen LogP contribution in [-0.4, -0.2) is 74.9 Å². The van der Waals surface area contributed by atoms with Gasteiger partial charge in [-0.15, -0.1) is 0 Å². The van der Waals surface area contributed by atoms with Gasteiger partial charge in [0.1, 0.15) is 19.8 Å². The van der Waals surface area contributed by atoms with Crippen molar-refractivity contribution >= 4 is 19.8 Å². The highest BCUT2D eigenvalue weighted by Gasteiger charge is 2.27. The zero-order valence-corrected chi connectivity index (χ0v) is 49.5. The number of ether oxygens (including phenoxy) is 2. The molecule has 0 rings (SSSR count). The van der Waals surface area contributed by atoms with Crippen LogP contribution in [0.15, 0.2) is 85.1 Å². The van der Waals surface area contributed by atoms with Crippen molar-refractivity contribution in [2.45, 2.75) is 264 Å². The minimum absolute atomic E-state index is 0.0285. The summed E-state index contributed by atoms with van der Waals surface area (Å²) in [5, 5.41) is 0. The third kappa shape index (κ3) is 58.5. The Morgan fingerprint density at radius 2 is 0.770 bits per heavy atom. The summed E-state index contributed by atoms with van der Waals surface area (Å²) in [6.45, 7) is 4.30. The van der Waals surface area contributed by atoms with Gasteiger partial charge in [0.25, 0.3) is 0 Å². The highest BCUT2D eigenvalue weighted by Crippen LogP contribution is 2.43. The maximum atomic E-state index is 12.8. The van der Waals surface area contributed by atoms with Crippen molar-refractivity contribution in [2.24, 2.45) is 0 Å². The number of carbonyl (C=O) groups excluding carboxylic acids is 2. The molecule has 0 aromatic rings. The standard InChI is InChI=1S/C64H114NO8P/c1-6-8-10-12-14-16-18-20-22-24-25-26-27-28-29-30-31-32-33-34-35-36-37-38-39-41-43-45-47-49-51-53-55-57-64(67)73-62(61-72-74(68,69)71-59-58-65(3,4)5)60-70-63(66)56-54-52-50-48-46-44-42-40-23-21-19-17-15-13-11-9-7-2/h8,10,14-17,20-23,25-26,28-29,62H,6-7,9,11-13,18-19,24,27,30-61H2,1-5H3/p+1/b10-8-,16-14-,17-15-,22-20-,23-21-,26-25-,29-28-. The van der Waals surface area contributed by atoms with Gasteiger partial charge in [-0.3, -0.25) is 18.6 Å². The van der Waals surface area contributed by atoms with E-state index in [1.54, 1.807) is 0 Å². The van der Waals surface area contributed by atoms with Crippen LogP contribution in [0.3, 0.4) is 0 Å². The normalized spacial score (nSPS) is 13.9. The monoisotopic (exact) mass is 1060 g/mol. The molecule has 0 aliphatic carbocycles. The highest BCUT2D eigenvalue weighted by molar-refractivity contribution is 7.47. The number of esters is 2. The van der Waals surface area contributed by atoms with E-state index < -0.39 is 26.5 Å². The number of quaternary nitrogens is 1. The molecule has 428 valence electrons. The number of allylic oxidation sites excluding steroid dienone is 14. The summed E-state index contributed by atoms with van der Waals surface area (Å²) < 4.78 is 34.6. The molecular formula is C64H115NO8P+. The fourth-order valence-corrected chi connectivity index (χ4v) is 8.99. The number of likely N-dealkylation sites (N-methyl/N-ethyl adjacent to an activating group) is 1. The lowest BCUT2D eigenvalue weighted by molar-refractivity contribution is -0.870. The van der Waals surface area contributed by atoms with E-state index in [4.69, 9.17) is 18.5 Å². The lowest BCUT2D eigenvalue weighted by Gasteiger charge is -2.24. The van der Waals surface area contributed by atoms with Gasteiger partial charge < -0.3 is 18.9 Å². The molecule has 0 aromatic carbocycles. The van der Waals surface area contributed by atoms with E-state index in [1.807, 2.05) is 21.1 Å². The molecule has 10 heteroatoms. The van der Waals surface area contributed by atoms with Crippen LogP contribution >= 0.6 is 7.82 Å². The van der Waals surface area contributed by atoms with Gasteiger partial charge in [0.15, 0.2) is 6.10 Å².